The average Bonchev–Trinajstić information content (AvgIpc) is 3.11. The normalized spacial score (nSPS) is 29.5. The third-order valence-electron chi connectivity index (χ3n) is 3.35. The van der Waals surface area contributed by atoms with E-state index in [9.17, 15) is 0 Å². The lowest BCUT2D eigenvalue weighted by molar-refractivity contribution is 0.342. The Hall–Kier alpha value is -1.60. The first-order valence-corrected chi connectivity index (χ1v) is 6.12. The lowest BCUT2D eigenvalue weighted by atomic mass is 9.96. The summed E-state index contributed by atoms with van der Waals surface area (Å²) in [6.45, 7) is 0. The topological polar surface area (TPSA) is 12.5 Å². The molecule has 2 atom stereocenters. The molecule has 1 heterocycles. The largest absolute Gasteiger partial charge is 0.357 e. The van der Waals surface area contributed by atoms with E-state index >= 15 is 0 Å². The molecule has 2 unspecified atom stereocenters. The molecular weight excluding hydrogens is 208 g/mol. The van der Waals surface area contributed by atoms with Crippen LogP contribution in [-0.4, -0.2) is 11.7 Å². The molecule has 0 saturated carbocycles. The number of hydrogen-bond acceptors (Lipinski definition) is 1. The predicted molar refractivity (Wildman–Crippen MR) is 69.8 cm³/mol. The fourth-order valence-corrected chi connectivity index (χ4v) is 2.26. The Morgan fingerprint density at radius 3 is 2.82 bits per heavy atom. The van der Waals surface area contributed by atoms with Crippen LogP contribution in [0.3, 0.4) is 0 Å². The first kappa shape index (κ1) is 10.5. The van der Waals surface area contributed by atoms with Gasteiger partial charge in [0.05, 0.1) is 0 Å². The first-order chi connectivity index (χ1) is 8.39. The van der Waals surface area contributed by atoms with Crippen molar-refractivity contribution in [3.8, 4) is 0 Å². The molecule has 0 N–H and O–H groups in total. The maximum Gasteiger partial charge on any atom is 0.121 e. The van der Waals surface area contributed by atoms with Crippen LogP contribution in [0.2, 0.25) is 0 Å². The Kier molecular flexibility index (Phi) is 2.69. The van der Waals surface area contributed by atoms with E-state index in [2.05, 4.69) is 60.7 Å². The van der Waals surface area contributed by atoms with Crippen molar-refractivity contribution in [1.29, 1.82) is 0 Å². The molecule has 1 aliphatic heterocycles. The van der Waals surface area contributed by atoms with Gasteiger partial charge in [-0.05, 0) is 18.1 Å². The van der Waals surface area contributed by atoms with Crippen molar-refractivity contribution in [2.75, 3.05) is 0 Å². The molecule has 1 aromatic carbocycles. The van der Waals surface area contributed by atoms with Gasteiger partial charge in [-0.25, -0.2) is 0 Å². The van der Waals surface area contributed by atoms with Crippen LogP contribution in [0, 0.1) is 0 Å². The van der Waals surface area contributed by atoms with Gasteiger partial charge < -0.3 is 4.74 Å². The Morgan fingerprint density at radius 1 is 1.12 bits per heavy atom. The van der Waals surface area contributed by atoms with Crippen LogP contribution in [0.25, 0.3) is 0 Å². The minimum atomic E-state index is -0.0120. The zero-order valence-corrected chi connectivity index (χ0v) is 9.75. The van der Waals surface area contributed by atoms with E-state index in [0.29, 0.717) is 6.10 Å². The number of epoxide rings is 1. The predicted octanol–water partition coefficient (Wildman–Crippen LogP) is 3.44. The lowest BCUT2D eigenvalue weighted by Crippen LogP contribution is -2.10. The molecule has 1 aliphatic carbocycles. The van der Waals surface area contributed by atoms with Gasteiger partial charge in [0.1, 0.15) is 11.7 Å². The SMILES string of the molecule is C1=CC2OC2(CC=CCc2ccccc2)C=C1. The van der Waals surface area contributed by atoms with Crippen molar-refractivity contribution in [1.82, 2.24) is 0 Å². The number of benzene rings is 1. The minimum Gasteiger partial charge on any atom is -0.357 e. The molecule has 2 aliphatic rings. The van der Waals surface area contributed by atoms with E-state index in [0.717, 1.165) is 12.8 Å². The molecule has 0 aromatic heterocycles. The highest BCUT2D eigenvalue weighted by Crippen LogP contribution is 2.44. The third kappa shape index (κ3) is 2.25. The van der Waals surface area contributed by atoms with Gasteiger partial charge in [-0.3, -0.25) is 0 Å². The summed E-state index contributed by atoms with van der Waals surface area (Å²) >= 11 is 0. The summed E-state index contributed by atoms with van der Waals surface area (Å²) in [7, 11) is 0. The van der Waals surface area contributed by atoms with Crippen LogP contribution in [0.15, 0.2) is 66.8 Å². The standard InChI is InChI=1S/C16H16O/c1-2-8-14(9-3-1)10-4-6-12-16-13-7-5-11-15(16)17-16/h1-9,11,13,15H,10,12H2. The number of hydrogen-bond donors (Lipinski definition) is 0. The average molecular weight is 224 g/mol. The van der Waals surface area contributed by atoms with E-state index in [1.807, 2.05) is 6.07 Å². The second-order valence-corrected chi connectivity index (χ2v) is 4.60. The smallest absolute Gasteiger partial charge is 0.121 e. The monoisotopic (exact) mass is 224 g/mol. The summed E-state index contributed by atoms with van der Waals surface area (Å²) in [6, 6.07) is 10.5. The Morgan fingerprint density at radius 2 is 2.00 bits per heavy atom. The highest BCUT2D eigenvalue weighted by molar-refractivity contribution is 5.32. The summed E-state index contributed by atoms with van der Waals surface area (Å²) in [4.78, 5) is 0. The second-order valence-electron chi connectivity index (χ2n) is 4.60. The fraction of sp³-hybridized carbons (Fsp3) is 0.250. The van der Waals surface area contributed by atoms with Crippen molar-refractivity contribution in [2.24, 2.45) is 0 Å². The molecule has 0 spiro atoms. The van der Waals surface area contributed by atoms with Crippen LogP contribution in [-0.2, 0) is 11.2 Å². The minimum absolute atomic E-state index is 0.0120. The molecule has 0 amide bonds. The highest BCUT2D eigenvalue weighted by atomic mass is 16.6. The van der Waals surface area contributed by atoms with E-state index in [4.69, 9.17) is 4.74 Å². The quantitative estimate of drug-likeness (QED) is 0.564. The van der Waals surface area contributed by atoms with Gasteiger partial charge in [-0.1, -0.05) is 60.7 Å². The van der Waals surface area contributed by atoms with E-state index in [-0.39, 0.29) is 5.60 Å². The van der Waals surface area contributed by atoms with Gasteiger partial charge in [0.15, 0.2) is 0 Å². The maximum atomic E-state index is 5.69. The van der Waals surface area contributed by atoms with Crippen molar-refractivity contribution in [2.45, 2.75) is 24.5 Å². The molecule has 1 nitrogen and oxygen atoms in total. The van der Waals surface area contributed by atoms with Crippen molar-refractivity contribution in [3.63, 3.8) is 0 Å². The van der Waals surface area contributed by atoms with Gasteiger partial charge >= 0.3 is 0 Å². The Balaban J connectivity index is 1.52. The van der Waals surface area contributed by atoms with E-state index in [1.165, 1.54) is 5.56 Å². The molecule has 1 aromatic rings. The molecule has 0 bridgehead atoms. The third-order valence-corrected chi connectivity index (χ3v) is 3.35. The van der Waals surface area contributed by atoms with E-state index in [1.54, 1.807) is 0 Å². The molecule has 1 fully saturated rings. The van der Waals surface area contributed by atoms with Crippen molar-refractivity contribution >= 4 is 0 Å². The van der Waals surface area contributed by atoms with Crippen LogP contribution in [0.5, 0.6) is 0 Å². The molecule has 0 radical (unpaired) electrons. The highest BCUT2D eigenvalue weighted by Gasteiger charge is 2.52. The number of allylic oxidation sites excluding steroid dienone is 3. The summed E-state index contributed by atoms with van der Waals surface area (Å²) in [6.07, 6.45) is 15.2. The molecule has 1 saturated heterocycles. The molecular formula is C16H16O. The second kappa shape index (κ2) is 4.34. The fourth-order valence-electron chi connectivity index (χ4n) is 2.26. The molecule has 1 heteroatoms. The first-order valence-electron chi connectivity index (χ1n) is 6.12. The summed E-state index contributed by atoms with van der Waals surface area (Å²) in [5.41, 5.74) is 1.34. The molecule has 86 valence electrons. The molecule has 17 heavy (non-hydrogen) atoms. The number of ether oxygens (including phenoxy) is 1. The van der Waals surface area contributed by atoms with Gasteiger partial charge in [-0.15, -0.1) is 0 Å². The maximum absolute atomic E-state index is 5.69. The zero-order valence-electron chi connectivity index (χ0n) is 9.75. The Bertz CT molecular complexity index is 470. The zero-order chi connectivity index (χ0) is 11.6. The van der Waals surface area contributed by atoms with Crippen molar-refractivity contribution in [3.05, 3.63) is 72.4 Å². The number of fused-ring (bicyclic) bond motifs is 1. The van der Waals surface area contributed by atoms with Crippen LogP contribution >= 0.6 is 0 Å². The lowest BCUT2D eigenvalue weighted by Gasteiger charge is -2.04. The van der Waals surface area contributed by atoms with Crippen LogP contribution in [0.1, 0.15) is 12.0 Å². The van der Waals surface area contributed by atoms with Gasteiger partial charge in [0.25, 0.3) is 0 Å². The van der Waals surface area contributed by atoms with Gasteiger partial charge in [0, 0.05) is 6.42 Å². The van der Waals surface area contributed by atoms with Gasteiger partial charge in [0.2, 0.25) is 0 Å². The molecule has 3 rings (SSSR count). The number of rotatable bonds is 4. The van der Waals surface area contributed by atoms with Crippen LogP contribution < -0.4 is 0 Å². The van der Waals surface area contributed by atoms with Crippen molar-refractivity contribution < 1.29 is 4.74 Å². The van der Waals surface area contributed by atoms with Crippen LogP contribution in [0.4, 0.5) is 0 Å². The van der Waals surface area contributed by atoms with Gasteiger partial charge in [-0.2, -0.15) is 0 Å². The summed E-state index contributed by atoms with van der Waals surface area (Å²) in [5, 5.41) is 0. The summed E-state index contributed by atoms with van der Waals surface area (Å²) < 4.78 is 5.69. The van der Waals surface area contributed by atoms with E-state index < -0.39 is 0 Å². The summed E-state index contributed by atoms with van der Waals surface area (Å²) in [5.74, 6) is 0. The Labute approximate surface area is 102 Å².